The van der Waals surface area contributed by atoms with E-state index < -0.39 is 31.1 Å². The molecule has 25 heavy (non-hydrogen) atoms. The Morgan fingerprint density at radius 2 is 1.20 bits per heavy atom. The Bertz CT molecular complexity index is 424. The van der Waals surface area contributed by atoms with Crippen molar-refractivity contribution in [2.45, 2.75) is 48.4 Å². The molecule has 0 bridgehead atoms. The molecule has 0 saturated carbocycles. The molecule has 0 aromatic heterocycles. The minimum Gasteiger partial charge on any atom is 0 e. The molecule has 0 aliphatic carbocycles. The largest absolute Gasteiger partial charge is 0 e. The summed E-state index contributed by atoms with van der Waals surface area (Å²) in [6.07, 6.45) is 10.0. The van der Waals surface area contributed by atoms with E-state index in [4.69, 9.17) is 6.15 Å². The quantitative estimate of drug-likeness (QED) is 0.172. The Balaban J connectivity index is -0.00000242. The number of allylic oxidation sites excluding steroid dienone is 2. The first-order valence-electron chi connectivity index (χ1n) is 7.58. The van der Waals surface area contributed by atoms with Crippen LogP contribution in [0.25, 0.3) is 0 Å². The first-order valence-corrected chi connectivity index (χ1v) is 13.9. The fraction of sp³-hybridized carbons (Fsp3) is 0.500. The molecule has 0 saturated heterocycles. The molecule has 0 fully saturated rings. The Morgan fingerprint density at radius 1 is 0.840 bits per heavy atom. The maximum Gasteiger partial charge on any atom is 0 e. The van der Waals surface area contributed by atoms with E-state index in [9.17, 15) is 19.2 Å². The predicted molar refractivity (Wildman–Crippen MR) is 87.0 cm³/mol. The third-order valence-electron chi connectivity index (χ3n) is 2.97. The van der Waals surface area contributed by atoms with Gasteiger partial charge in [-0.1, -0.05) is 0 Å². The second kappa shape index (κ2) is 18.7. The minimum atomic E-state index is -4.00. The van der Waals surface area contributed by atoms with Gasteiger partial charge in [0.1, 0.15) is 0 Å². The molecule has 0 spiro atoms. The van der Waals surface area contributed by atoms with E-state index in [-0.39, 0.29) is 42.1 Å². The van der Waals surface area contributed by atoms with Gasteiger partial charge < -0.3 is 0 Å². The second-order valence-electron chi connectivity index (χ2n) is 4.86. The molecule has 0 rings (SSSR count). The normalized spacial score (nSPS) is 10.6. The second-order valence-corrected chi connectivity index (χ2v) is 14.1. The van der Waals surface area contributed by atoms with E-state index in [2.05, 4.69) is 0 Å². The topological polar surface area (TPSA) is 86.7 Å². The number of carbonyl (C=O) groups excluding carboxylic acids is 4. The van der Waals surface area contributed by atoms with Crippen LogP contribution in [0.5, 0.6) is 0 Å². The van der Waals surface area contributed by atoms with Gasteiger partial charge in [0.05, 0.1) is 0 Å². The van der Waals surface area contributed by atoms with Crippen molar-refractivity contribution in [2.24, 2.45) is 0 Å². The van der Waals surface area contributed by atoms with Crippen molar-refractivity contribution in [3.63, 3.8) is 0 Å². The Morgan fingerprint density at radius 3 is 1.48 bits per heavy atom. The first-order chi connectivity index (χ1) is 11.0. The van der Waals surface area contributed by atoms with Crippen LogP contribution in [-0.4, -0.2) is 43.7 Å². The van der Waals surface area contributed by atoms with Gasteiger partial charge in [-0.2, -0.15) is 0 Å². The van der Waals surface area contributed by atoms with Gasteiger partial charge in [-0.3, -0.25) is 0 Å². The van der Waals surface area contributed by atoms with Crippen molar-refractivity contribution in [2.75, 3.05) is 0 Å². The van der Waals surface area contributed by atoms with Crippen molar-refractivity contribution in [3.8, 4) is 0 Å². The molecule has 0 aromatic carbocycles. The van der Waals surface area contributed by atoms with Crippen molar-refractivity contribution in [3.05, 3.63) is 24.3 Å². The zero-order valence-electron chi connectivity index (χ0n) is 14.3. The molecule has 0 aromatic rings. The van der Waals surface area contributed by atoms with Gasteiger partial charge in [-0.15, -0.1) is 0 Å². The van der Waals surface area contributed by atoms with Gasteiger partial charge in [0.2, 0.25) is 0 Å². The molecule has 0 aliphatic heterocycles. The maximum absolute atomic E-state index is 11.8. The molecular weight excluding hydrogens is 775 g/mol. The van der Waals surface area contributed by atoms with Crippen LogP contribution in [0.4, 0.5) is 0 Å². The van der Waals surface area contributed by atoms with E-state index in [1.807, 2.05) is 13.8 Å². The van der Waals surface area contributed by atoms with Gasteiger partial charge in [-0.25, -0.2) is 0 Å². The smallest absolute Gasteiger partial charge is 0 e. The van der Waals surface area contributed by atoms with Crippen molar-refractivity contribution in [1.29, 1.82) is 0 Å². The van der Waals surface area contributed by atoms with Crippen LogP contribution in [-0.2, 0) is 67.5 Å². The number of rotatable bonds is 12. The Kier molecular flexibility index (Phi) is 22.2. The van der Waals surface area contributed by atoms with Gasteiger partial charge in [0, 0.05) is 42.1 Å². The summed E-state index contributed by atoms with van der Waals surface area (Å²) in [7, 11) is 0. The molecule has 0 N–H and O–H groups in total. The summed E-state index contributed by atoms with van der Waals surface area (Å²) in [5.74, 6) is -1.40. The molecule has 0 atom stereocenters. The average molecular weight is 797 g/mol. The minimum absolute atomic E-state index is 0. The van der Waals surface area contributed by atoms with Crippen LogP contribution >= 0.6 is 0 Å². The Hall–Kier alpha value is -0.0647. The summed E-state index contributed by atoms with van der Waals surface area (Å²) in [5.41, 5.74) is 0. The summed E-state index contributed by atoms with van der Waals surface area (Å²) in [5, 5.41) is 0. The van der Waals surface area contributed by atoms with E-state index >= 15 is 0 Å². The molecule has 0 heterocycles. The molecule has 140 valence electrons. The van der Waals surface area contributed by atoms with Crippen LogP contribution in [0.15, 0.2) is 24.3 Å². The third-order valence-corrected chi connectivity index (χ3v) is 12.6. The summed E-state index contributed by atoms with van der Waals surface area (Å²) >= 11 is -4.00. The fourth-order valence-electron chi connectivity index (χ4n) is 1.88. The average Bonchev–Trinajstić information content (AvgIpc) is 2.54. The summed E-state index contributed by atoms with van der Waals surface area (Å²) in [6, 6.07) is 0. The molecular formula is C16H22O6SnW2-2. The summed E-state index contributed by atoms with van der Waals surface area (Å²) < 4.78 is 12.1. The third kappa shape index (κ3) is 14.8. The molecule has 6 nitrogen and oxygen atoms in total. The van der Waals surface area contributed by atoms with Gasteiger partial charge >= 0.3 is 142 Å². The number of unbranched alkanes of at least 4 members (excludes halogenated alkanes) is 2. The molecule has 0 amide bonds. The molecule has 0 unspecified atom stereocenters. The van der Waals surface area contributed by atoms with Crippen LogP contribution in [0, 0.1) is 0 Å². The first kappa shape index (κ1) is 29.7. The Labute approximate surface area is 182 Å². The predicted octanol–water partition coefficient (Wildman–Crippen LogP) is 2.44. The zero-order chi connectivity index (χ0) is 17.6. The van der Waals surface area contributed by atoms with Crippen LogP contribution < -0.4 is 0 Å². The van der Waals surface area contributed by atoms with Gasteiger partial charge in [0.25, 0.3) is 0 Å². The molecule has 0 radical (unpaired) electrons. The standard InChI is InChI=1S/2C4H3O3.2C4H9.Sn.2W/c2*5-3-1-2-4(6)7;2*1-3-4-2;;;/h2*1-2H,(H,6,7);2*1,3-4H2,2H3;;;/q2*-1;;;+2;;/p-2/b2*2-1-;;;;;. The number of hydrogen-bond acceptors (Lipinski definition) is 6. The van der Waals surface area contributed by atoms with Crippen LogP contribution in [0.3, 0.4) is 0 Å². The zero-order valence-corrected chi connectivity index (χ0v) is 23.0. The van der Waals surface area contributed by atoms with Gasteiger partial charge in [-0.05, 0) is 0 Å². The SMILES string of the molecule is CCC[CH2][Sn]([CH2]CCC)([O]C(=O)/C=C\[C-]=O)[O]C(=O)/C=C\[C-]=O.[W].[W]. The van der Waals surface area contributed by atoms with E-state index in [1.54, 1.807) is 0 Å². The number of hydrogen-bond donors (Lipinski definition) is 0. The maximum atomic E-state index is 11.8. The monoisotopic (exact) mass is 798 g/mol. The fourth-order valence-corrected chi connectivity index (χ4v) is 11.5. The van der Waals surface area contributed by atoms with E-state index in [0.717, 1.165) is 50.0 Å². The van der Waals surface area contributed by atoms with Crippen molar-refractivity contribution in [1.82, 2.24) is 0 Å². The van der Waals surface area contributed by atoms with Crippen LogP contribution in [0.1, 0.15) is 39.5 Å². The van der Waals surface area contributed by atoms with E-state index in [1.165, 1.54) is 12.6 Å². The van der Waals surface area contributed by atoms with Crippen LogP contribution in [0.2, 0.25) is 8.87 Å². The number of carbonyl (C=O) groups is 2. The summed E-state index contributed by atoms with van der Waals surface area (Å²) in [6.45, 7) is 3.98. The van der Waals surface area contributed by atoms with E-state index in [0.29, 0.717) is 8.87 Å². The molecule has 9 heteroatoms. The molecule has 0 aliphatic rings. The van der Waals surface area contributed by atoms with Crippen molar-refractivity contribution >= 4 is 43.7 Å². The summed E-state index contributed by atoms with van der Waals surface area (Å²) in [4.78, 5) is 44.0. The van der Waals surface area contributed by atoms with Gasteiger partial charge in [0.15, 0.2) is 0 Å². The van der Waals surface area contributed by atoms with Crippen molar-refractivity contribution < 1.29 is 67.5 Å².